The maximum atomic E-state index is 14.2. The van der Waals surface area contributed by atoms with Gasteiger partial charge in [0, 0.05) is 40.6 Å². The van der Waals surface area contributed by atoms with E-state index < -0.39 is 40.3 Å². The van der Waals surface area contributed by atoms with E-state index in [0.717, 1.165) is 6.07 Å². The summed E-state index contributed by atoms with van der Waals surface area (Å²) < 4.78 is 85.6. The molecule has 0 aliphatic heterocycles. The van der Waals surface area contributed by atoms with Crippen LogP contribution >= 0.6 is 0 Å². The number of fused-ring (bicyclic) bond motifs is 1. The van der Waals surface area contributed by atoms with E-state index in [1.54, 1.807) is 43.7 Å². The van der Waals surface area contributed by atoms with Crippen LogP contribution in [0.25, 0.3) is 22.0 Å². The third-order valence-electron chi connectivity index (χ3n) is 5.48. The normalized spacial score (nSPS) is 15.1. The Morgan fingerprint density at radius 3 is 2.14 bits per heavy atom. The Bertz CT molecular complexity index is 1180. The van der Waals surface area contributed by atoms with Crippen LogP contribution in [0.2, 0.25) is 0 Å². The van der Waals surface area contributed by atoms with Gasteiger partial charge in [0.2, 0.25) is 0 Å². The van der Waals surface area contributed by atoms with Gasteiger partial charge in [-0.15, -0.1) is 4.72 Å². The van der Waals surface area contributed by atoms with E-state index in [1.807, 2.05) is 20.8 Å². The van der Waals surface area contributed by atoms with Crippen LogP contribution in [-0.4, -0.2) is 20.3 Å². The SMILES string of the molecule is CC(C)(C)Cn1cc(C(N[S@@+]([O-])C(C)(C)C)C(F)F)c2ccc(-c3ccccc3C(F)(F)F)cc21. The zero-order valence-electron chi connectivity index (χ0n) is 20.6. The molecule has 0 bridgehead atoms. The van der Waals surface area contributed by atoms with Crippen LogP contribution in [0.4, 0.5) is 22.0 Å². The summed E-state index contributed by atoms with van der Waals surface area (Å²) in [5.74, 6) is 0. The first-order chi connectivity index (χ1) is 16.0. The third-order valence-corrected chi connectivity index (χ3v) is 7.06. The molecule has 2 aromatic carbocycles. The first-order valence-corrected chi connectivity index (χ1v) is 12.4. The van der Waals surface area contributed by atoms with Gasteiger partial charge in [0.1, 0.15) is 10.8 Å². The molecule has 3 aromatic rings. The van der Waals surface area contributed by atoms with Crippen LogP contribution in [0.1, 0.15) is 58.7 Å². The van der Waals surface area contributed by atoms with Crippen molar-refractivity contribution in [2.45, 2.75) is 71.5 Å². The highest BCUT2D eigenvalue weighted by molar-refractivity contribution is 7.90. The number of nitrogens with one attached hydrogen (secondary N) is 1. The second kappa shape index (κ2) is 9.75. The van der Waals surface area contributed by atoms with Crippen LogP contribution in [0.3, 0.4) is 0 Å². The van der Waals surface area contributed by atoms with Crippen molar-refractivity contribution in [3.05, 3.63) is 59.8 Å². The molecule has 3 rings (SSSR count). The first kappa shape index (κ1) is 27.5. The summed E-state index contributed by atoms with van der Waals surface area (Å²) in [4.78, 5) is 0. The molecule has 0 radical (unpaired) electrons. The molecule has 3 nitrogen and oxygen atoms in total. The highest BCUT2D eigenvalue weighted by Gasteiger charge is 2.36. The van der Waals surface area contributed by atoms with Gasteiger partial charge in [-0.2, -0.15) is 13.2 Å². The Labute approximate surface area is 206 Å². The predicted molar refractivity (Wildman–Crippen MR) is 132 cm³/mol. The van der Waals surface area contributed by atoms with E-state index in [0.29, 0.717) is 23.0 Å². The predicted octanol–water partition coefficient (Wildman–Crippen LogP) is 7.73. The number of rotatable bonds is 6. The fraction of sp³-hybridized carbons (Fsp3) is 0.462. The maximum Gasteiger partial charge on any atom is 0.417 e. The van der Waals surface area contributed by atoms with Gasteiger partial charge in [0.25, 0.3) is 6.43 Å². The standard InChI is InChI=1S/C26H31F5N2OS/c1-24(2,3)15-33-14-19(22(23(27)28)32-35(34)25(4,5)6)18-12-11-16(13-21(18)33)17-9-7-8-10-20(17)26(29,30)31/h7-14,22-23,32H,15H2,1-6H3/t22?,35-/m0/s1. The molecule has 192 valence electrons. The molecule has 1 heterocycles. The van der Waals surface area contributed by atoms with Gasteiger partial charge >= 0.3 is 6.18 Å². The van der Waals surface area contributed by atoms with Gasteiger partial charge in [0.05, 0.1) is 5.56 Å². The van der Waals surface area contributed by atoms with Crippen LogP contribution < -0.4 is 4.72 Å². The van der Waals surface area contributed by atoms with Gasteiger partial charge in [0.15, 0.2) is 0 Å². The summed E-state index contributed by atoms with van der Waals surface area (Å²) in [5, 5.41) is 0.478. The minimum atomic E-state index is -4.54. The lowest BCUT2D eigenvalue weighted by Gasteiger charge is -2.27. The lowest BCUT2D eigenvalue weighted by Crippen LogP contribution is -2.43. The van der Waals surface area contributed by atoms with E-state index in [1.165, 1.54) is 24.3 Å². The lowest BCUT2D eigenvalue weighted by molar-refractivity contribution is -0.137. The fourth-order valence-corrected chi connectivity index (χ4v) is 4.72. The van der Waals surface area contributed by atoms with Crippen LogP contribution in [0.15, 0.2) is 48.7 Å². The molecule has 35 heavy (non-hydrogen) atoms. The van der Waals surface area contributed by atoms with Gasteiger partial charge in [-0.1, -0.05) is 51.1 Å². The van der Waals surface area contributed by atoms with Crippen molar-refractivity contribution in [2.24, 2.45) is 5.41 Å². The maximum absolute atomic E-state index is 14.2. The molecule has 0 amide bonds. The average Bonchev–Trinajstić information content (AvgIpc) is 3.06. The highest BCUT2D eigenvalue weighted by Crippen LogP contribution is 2.40. The second-order valence-electron chi connectivity index (χ2n) is 10.9. The van der Waals surface area contributed by atoms with E-state index in [4.69, 9.17) is 0 Å². The molecule has 0 spiro atoms. The van der Waals surface area contributed by atoms with Gasteiger partial charge in [-0.3, -0.25) is 0 Å². The number of benzene rings is 2. The zero-order chi connectivity index (χ0) is 26.3. The van der Waals surface area contributed by atoms with Crippen LogP contribution in [0.5, 0.6) is 0 Å². The Morgan fingerprint density at radius 1 is 0.971 bits per heavy atom. The number of aromatic nitrogens is 1. The summed E-state index contributed by atoms with van der Waals surface area (Å²) in [6.45, 7) is 11.5. The number of halogens is 5. The molecule has 0 aliphatic carbocycles. The molecule has 9 heteroatoms. The Balaban J connectivity index is 2.21. The molecule has 1 N–H and O–H groups in total. The van der Waals surface area contributed by atoms with Crippen molar-refractivity contribution in [1.29, 1.82) is 0 Å². The Morgan fingerprint density at radius 2 is 1.60 bits per heavy atom. The quantitative estimate of drug-likeness (QED) is 0.270. The summed E-state index contributed by atoms with van der Waals surface area (Å²) in [7, 11) is 0. The molecule has 0 saturated heterocycles. The molecule has 1 unspecified atom stereocenters. The monoisotopic (exact) mass is 514 g/mol. The molecule has 0 aliphatic rings. The number of hydrogen-bond acceptors (Lipinski definition) is 2. The third kappa shape index (κ3) is 6.37. The summed E-state index contributed by atoms with van der Waals surface area (Å²) in [5.41, 5.74) is 0.159. The second-order valence-corrected chi connectivity index (χ2v) is 12.9. The molecular formula is C26H31F5N2OS. The van der Waals surface area contributed by atoms with Gasteiger partial charge in [-0.25, -0.2) is 8.78 Å². The van der Waals surface area contributed by atoms with Crippen molar-refractivity contribution < 1.29 is 26.5 Å². The minimum absolute atomic E-state index is 0.0179. The number of alkyl halides is 5. The first-order valence-electron chi connectivity index (χ1n) is 11.2. The van der Waals surface area contributed by atoms with Crippen LogP contribution in [0, 0.1) is 5.41 Å². The van der Waals surface area contributed by atoms with E-state index in [2.05, 4.69) is 4.72 Å². The van der Waals surface area contributed by atoms with Crippen molar-refractivity contribution in [3.8, 4) is 11.1 Å². The largest absolute Gasteiger partial charge is 0.598 e. The van der Waals surface area contributed by atoms with E-state index >= 15 is 0 Å². The highest BCUT2D eigenvalue weighted by atomic mass is 32.2. The molecule has 0 saturated carbocycles. The number of hydrogen-bond donors (Lipinski definition) is 1. The lowest BCUT2D eigenvalue weighted by atomic mass is 9.96. The minimum Gasteiger partial charge on any atom is -0.598 e. The summed E-state index contributed by atoms with van der Waals surface area (Å²) in [6.07, 6.45) is -5.79. The van der Waals surface area contributed by atoms with E-state index in [-0.39, 0.29) is 16.5 Å². The molecule has 0 fully saturated rings. The number of nitrogens with zero attached hydrogens (tertiary/aromatic N) is 1. The molecular weight excluding hydrogens is 483 g/mol. The zero-order valence-corrected chi connectivity index (χ0v) is 21.5. The topological polar surface area (TPSA) is 40.0 Å². The molecule has 2 atom stereocenters. The Hall–Kier alpha value is -2.10. The van der Waals surface area contributed by atoms with Crippen molar-refractivity contribution in [3.63, 3.8) is 0 Å². The summed E-state index contributed by atoms with van der Waals surface area (Å²) in [6, 6.07) is 8.48. The Kier molecular flexibility index (Phi) is 7.65. The van der Waals surface area contributed by atoms with Gasteiger partial charge < -0.3 is 9.12 Å². The summed E-state index contributed by atoms with van der Waals surface area (Å²) >= 11 is -1.75. The smallest absolute Gasteiger partial charge is 0.417 e. The van der Waals surface area contributed by atoms with Gasteiger partial charge in [-0.05, 0) is 49.4 Å². The van der Waals surface area contributed by atoms with Crippen molar-refractivity contribution >= 4 is 22.3 Å². The van der Waals surface area contributed by atoms with Crippen molar-refractivity contribution in [2.75, 3.05) is 0 Å². The average molecular weight is 515 g/mol. The fourth-order valence-electron chi connectivity index (χ4n) is 3.90. The van der Waals surface area contributed by atoms with E-state index in [9.17, 15) is 26.5 Å². The van der Waals surface area contributed by atoms with Crippen molar-refractivity contribution in [1.82, 2.24) is 9.29 Å². The van der Waals surface area contributed by atoms with Crippen LogP contribution in [-0.2, 0) is 24.1 Å². The molecule has 1 aromatic heterocycles.